The molecule has 4 aromatic rings. The van der Waals surface area contributed by atoms with E-state index >= 15 is 0 Å². The molecule has 0 aliphatic heterocycles. The lowest BCUT2D eigenvalue weighted by Gasteiger charge is -2.13. The monoisotopic (exact) mass is 514 g/mol. The highest BCUT2D eigenvalue weighted by Crippen LogP contribution is 2.27. The van der Waals surface area contributed by atoms with E-state index in [0.29, 0.717) is 12.2 Å². The molecule has 2 heterocycles. The van der Waals surface area contributed by atoms with Crippen LogP contribution in [0.25, 0.3) is 17.5 Å². The van der Waals surface area contributed by atoms with Crippen molar-refractivity contribution in [3.05, 3.63) is 90.3 Å². The molecule has 0 saturated heterocycles. The lowest BCUT2D eigenvalue weighted by atomic mass is 10.1. The van der Waals surface area contributed by atoms with Crippen LogP contribution in [0.2, 0.25) is 0 Å². The lowest BCUT2D eigenvalue weighted by molar-refractivity contribution is 0.104. The summed E-state index contributed by atoms with van der Waals surface area (Å²) in [7, 11) is 1.63. The fourth-order valence-corrected chi connectivity index (χ4v) is 4.63. The SMILES string of the molecule is COc1ccc(/C=C/C(=O)c2ccc(OCCCSc3nnc(-c4ccncc4)n3C(C)C)cc2)cc1. The summed E-state index contributed by atoms with van der Waals surface area (Å²) in [4.78, 5) is 16.6. The van der Waals surface area contributed by atoms with Gasteiger partial charge in [-0.1, -0.05) is 30.0 Å². The first-order chi connectivity index (χ1) is 18.0. The average Bonchev–Trinajstić information content (AvgIpc) is 3.37. The van der Waals surface area contributed by atoms with E-state index in [9.17, 15) is 4.79 Å². The number of ether oxygens (including phenoxy) is 2. The zero-order valence-electron chi connectivity index (χ0n) is 21.2. The van der Waals surface area contributed by atoms with Crippen LogP contribution >= 0.6 is 11.8 Å². The number of allylic oxidation sites excluding steroid dienone is 1. The summed E-state index contributed by atoms with van der Waals surface area (Å²) < 4.78 is 13.2. The number of pyridine rings is 1. The van der Waals surface area contributed by atoms with Gasteiger partial charge in [0, 0.05) is 35.3 Å². The van der Waals surface area contributed by atoms with Gasteiger partial charge in [-0.2, -0.15) is 0 Å². The van der Waals surface area contributed by atoms with Crippen LogP contribution in [0.5, 0.6) is 11.5 Å². The molecule has 4 rings (SSSR count). The molecule has 0 fully saturated rings. The predicted molar refractivity (Wildman–Crippen MR) is 147 cm³/mol. The summed E-state index contributed by atoms with van der Waals surface area (Å²) in [6.45, 7) is 4.83. The number of hydrogen-bond donors (Lipinski definition) is 0. The molecule has 7 nitrogen and oxygen atoms in total. The maximum absolute atomic E-state index is 12.5. The van der Waals surface area contributed by atoms with Gasteiger partial charge in [-0.15, -0.1) is 10.2 Å². The van der Waals surface area contributed by atoms with Crippen LogP contribution in [0.1, 0.15) is 42.2 Å². The van der Waals surface area contributed by atoms with Gasteiger partial charge >= 0.3 is 0 Å². The van der Waals surface area contributed by atoms with Crippen molar-refractivity contribution >= 4 is 23.6 Å². The van der Waals surface area contributed by atoms with E-state index in [1.807, 2.05) is 48.5 Å². The molecule has 37 heavy (non-hydrogen) atoms. The first-order valence-corrected chi connectivity index (χ1v) is 13.1. The minimum atomic E-state index is -0.0563. The molecule has 0 unspecified atom stereocenters. The second-order valence-electron chi connectivity index (χ2n) is 8.55. The summed E-state index contributed by atoms with van der Waals surface area (Å²) in [5, 5.41) is 9.71. The molecule has 2 aromatic heterocycles. The van der Waals surface area contributed by atoms with Gasteiger partial charge in [-0.05, 0) is 80.4 Å². The first kappa shape index (κ1) is 26.2. The Bertz CT molecular complexity index is 1320. The van der Waals surface area contributed by atoms with Crippen molar-refractivity contribution in [2.75, 3.05) is 19.5 Å². The van der Waals surface area contributed by atoms with Gasteiger partial charge in [-0.3, -0.25) is 14.3 Å². The molecule has 0 saturated carbocycles. The minimum Gasteiger partial charge on any atom is -0.497 e. The molecule has 0 aliphatic carbocycles. The van der Waals surface area contributed by atoms with E-state index in [0.717, 1.165) is 45.8 Å². The molecule has 0 radical (unpaired) electrons. The normalized spacial score (nSPS) is 11.2. The third-order valence-electron chi connectivity index (χ3n) is 5.59. The standard InChI is InChI=1S/C29H30N4O3S/c1-21(2)33-28(24-15-17-30-18-16-24)31-32-29(33)37-20-4-19-36-26-12-8-23(9-13-26)27(34)14-7-22-5-10-25(35-3)11-6-22/h5-18,21H,4,19-20H2,1-3H3/b14-7+. The molecule has 8 heteroatoms. The minimum absolute atomic E-state index is 0.0563. The number of aromatic nitrogens is 4. The Hall–Kier alpha value is -3.91. The van der Waals surface area contributed by atoms with Crippen molar-refractivity contribution < 1.29 is 14.3 Å². The number of hydrogen-bond acceptors (Lipinski definition) is 7. The molecule has 0 atom stereocenters. The Morgan fingerprint density at radius 1 is 0.973 bits per heavy atom. The van der Waals surface area contributed by atoms with Gasteiger partial charge < -0.3 is 9.47 Å². The molecule has 0 bridgehead atoms. The van der Waals surface area contributed by atoms with Crippen molar-refractivity contribution in [3.8, 4) is 22.9 Å². The van der Waals surface area contributed by atoms with Crippen molar-refractivity contribution in [1.29, 1.82) is 0 Å². The predicted octanol–water partition coefficient (Wildman–Crippen LogP) is 6.39. The summed E-state index contributed by atoms with van der Waals surface area (Å²) in [5.41, 5.74) is 2.56. The van der Waals surface area contributed by atoms with E-state index in [1.165, 1.54) is 0 Å². The Morgan fingerprint density at radius 3 is 2.35 bits per heavy atom. The van der Waals surface area contributed by atoms with Crippen molar-refractivity contribution in [2.24, 2.45) is 0 Å². The quantitative estimate of drug-likeness (QED) is 0.0938. The Labute approximate surface area is 221 Å². The number of benzene rings is 2. The molecular weight excluding hydrogens is 484 g/mol. The Morgan fingerprint density at radius 2 is 1.68 bits per heavy atom. The second kappa shape index (κ2) is 12.9. The van der Waals surface area contributed by atoms with E-state index in [-0.39, 0.29) is 11.8 Å². The number of thioether (sulfide) groups is 1. The number of ketones is 1. The van der Waals surface area contributed by atoms with E-state index < -0.39 is 0 Å². The number of nitrogens with zero attached hydrogens (tertiary/aromatic N) is 4. The van der Waals surface area contributed by atoms with Crippen LogP contribution in [-0.2, 0) is 0 Å². The van der Waals surface area contributed by atoms with Crippen LogP contribution in [0.3, 0.4) is 0 Å². The lowest BCUT2D eigenvalue weighted by Crippen LogP contribution is -2.06. The molecule has 190 valence electrons. The van der Waals surface area contributed by atoms with Crippen LogP contribution < -0.4 is 9.47 Å². The van der Waals surface area contributed by atoms with Crippen LogP contribution in [0.15, 0.2) is 84.3 Å². The van der Waals surface area contributed by atoms with Crippen LogP contribution in [-0.4, -0.2) is 45.0 Å². The van der Waals surface area contributed by atoms with Crippen molar-refractivity contribution in [2.45, 2.75) is 31.5 Å². The number of carbonyl (C=O) groups excluding carboxylic acids is 1. The zero-order chi connectivity index (χ0) is 26.0. The largest absolute Gasteiger partial charge is 0.497 e. The van der Waals surface area contributed by atoms with Gasteiger partial charge in [0.15, 0.2) is 16.8 Å². The van der Waals surface area contributed by atoms with Crippen LogP contribution in [0, 0.1) is 0 Å². The fourth-order valence-electron chi connectivity index (χ4n) is 3.65. The van der Waals surface area contributed by atoms with Gasteiger partial charge in [0.2, 0.25) is 0 Å². The van der Waals surface area contributed by atoms with E-state index in [1.54, 1.807) is 55.6 Å². The fraction of sp³-hybridized carbons (Fsp3) is 0.241. The third-order valence-corrected chi connectivity index (χ3v) is 6.62. The van der Waals surface area contributed by atoms with Gasteiger partial charge in [0.1, 0.15) is 11.5 Å². The molecule has 0 spiro atoms. The highest BCUT2D eigenvalue weighted by atomic mass is 32.2. The summed E-state index contributed by atoms with van der Waals surface area (Å²) in [6.07, 6.45) is 7.75. The van der Waals surface area contributed by atoms with E-state index in [2.05, 4.69) is 33.6 Å². The Kier molecular flexibility index (Phi) is 9.10. The van der Waals surface area contributed by atoms with Crippen molar-refractivity contribution in [3.63, 3.8) is 0 Å². The van der Waals surface area contributed by atoms with Crippen molar-refractivity contribution in [1.82, 2.24) is 19.7 Å². The van der Waals surface area contributed by atoms with Gasteiger partial charge in [-0.25, -0.2) is 0 Å². The average molecular weight is 515 g/mol. The Balaban J connectivity index is 1.24. The molecular formula is C29H30N4O3S. The summed E-state index contributed by atoms with van der Waals surface area (Å²) >= 11 is 1.67. The van der Waals surface area contributed by atoms with Crippen LogP contribution in [0.4, 0.5) is 0 Å². The maximum Gasteiger partial charge on any atom is 0.191 e. The topological polar surface area (TPSA) is 79.1 Å². The van der Waals surface area contributed by atoms with E-state index in [4.69, 9.17) is 9.47 Å². The molecule has 0 N–H and O–H groups in total. The van der Waals surface area contributed by atoms with Gasteiger partial charge in [0.25, 0.3) is 0 Å². The highest BCUT2D eigenvalue weighted by molar-refractivity contribution is 7.99. The first-order valence-electron chi connectivity index (χ1n) is 12.1. The number of rotatable bonds is 12. The zero-order valence-corrected chi connectivity index (χ0v) is 22.0. The van der Waals surface area contributed by atoms with Gasteiger partial charge in [0.05, 0.1) is 13.7 Å². The summed E-state index contributed by atoms with van der Waals surface area (Å²) in [5.74, 6) is 3.18. The second-order valence-corrected chi connectivity index (χ2v) is 9.61. The summed E-state index contributed by atoms with van der Waals surface area (Å²) in [6, 6.07) is 18.9. The number of carbonyl (C=O) groups is 1. The maximum atomic E-state index is 12.5. The molecule has 0 amide bonds. The highest BCUT2D eigenvalue weighted by Gasteiger charge is 2.16. The molecule has 2 aromatic carbocycles. The smallest absolute Gasteiger partial charge is 0.191 e. The number of methoxy groups -OCH3 is 1. The third kappa shape index (κ3) is 7.07. The molecule has 0 aliphatic rings.